The summed E-state index contributed by atoms with van der Waals surface area (Å²) in [6.07, 6.45) is 3.44. The van der Waals surface area contributed by atoms with Gasteiger partial charge in [-0.15, -0.1) is 0 Å². The van der Waals surface area contributed by atoms with Crippen LogP contribution in [0.5, 0.6) is 0 Å². The molecule has 1 saturated heterocycles. The highest BCUT2D eigenvalue weighted by atomic mass is 35.5. The van der Waals surface area contributed by atoms with Gasteiger partial charge in [0.15, 0.2) is 0 Å². The first-order valence-corrected chi connectivity index (χ1v) is 11.9. The lowest BCUT2D eigenvalue weighted by molar-refractivity contribution is -0.143. The van der Waals surface area contributed by atoms with E-state index in [0.29, 0.717) is 32.9 Å². The van der Waals surface area contributed by atoms with E-state index in [1.807, 2.05) is 18.2 Å². The predicted molar refractivity (Wildman–Crippen MR) is 134 cm³/mol. The molecule has 1 fully saturated rings. The van der Waals surface area contributed by atoms with E-state index < -0.39 is 6.04 Å². The topological polar surface area (TPSA) is 136 Å². The van der Waals surface area contributed by atoms with Crippen molar-refractivity contribution in [2.45, 2.75) is 32.2 Å². The molecule has 182 valence electrons. The Morgan fingerprint density at radius 1 is 1.23 bits per heavy atom. The summed E-state index contributed by atoms with van der Waals surface area (Å²) in [5.74, 6) is 0.183. The van der Waals surface area contributed by atoms with Gasteiger partial charge in [-0.25, -0.2) is 9.97 Å². The van der Waals surface area contributed by atoms with Crippen molar-refractivity contribution in [3.63, 3.8) is 0 Å². The number of hydrogen-bond acceptors (Lipinski definition) is 6. The monoisotopic (exact) mass is 495 g/mol. The Bertz CT molecular complexity index is 1280. The number of benzene rings is 2. The second kappa shape index (κ2) is 10.7. The molecule has 10 heteroatoms. The quantitative estimate of drug-likeness (QED) is 0.247. The maximum absolute atomic E-state index is 12.9. The normalized spacial score (nSPS) is 14.1. The molecule has 2 heterocycles. The molecule has 5 N–H and O–H groups in total. The zero-order valence-electron chi connectivity index (χ0n) is 19.5. The van der Waals surface area contributed by atoms with Gasteiger partial charge < -0.3 is 15.0 Å². The number of aromatic nitrogens is 2. The third-order valence-electron chi connectivity index (χ3n) is 5.96. The number of nitrogens with two attached hydrogens (primary N) is 2. The van der Waals surface area contributed by atoms with E-state index in [1.165, 1.54) is 6.33 Å². The number of hydrogen-bond donors (Lipinski definition) is 3. The zero-order chi connectivity index (χ0) is 24.9. The minimum atomic E-state index is -0.490. The van der Waals surface area contributed by atoms with Gasteiger partial charge in [-0.3, -0.25) is 20.7 Å². The van der Waals surface area contributed by atoms with Crippen molar-refractivity contribution >= 4 is 46.0 Å². The number of amides is 1. The van der Waals surface area contributed by atoms with Gasteiger partial charge in [0.25, 0.3) is 11.7 Å². The molecule has 1 aromatic heterocycles. The number of nitrogens with one attached hydrogen (secondary N) is 1. The fourth-order valence-corrected chi connectivity index (χ4v) is 4.43. The molecule has 1 aliphatic heterocycles. The Balaban J connectivity index is 1.70. The van der Waals surface area contributed by atoms with Crippen LogP contribution in [0, 0.1) is 0 Å². The van der Waals surface area contributed by atoms with Gasteiger partial charge in [0, 0.05) is 18.5 Å². The Morgan fingerprint density at radius 2 is 2.00 bits per heavy atom. The highest BCUT2D eigenvalue weighted by Crippen LogP contribution is 2.31. The van der Waals surface area contributed by atoms with Crippen LogP contribution in [0.15, 0.2) is 42.7 Å². The second-order valence-electron chi connectivity index (χ2n) is 8.36. The number of amidine groups is 1. The molecular weight excluding hydrogens is 468 g/mol. The van der Waals surface area contributed by atoms with E-state index in [1.54, 1.807) is 30.0 Å². The summed E-state index contributed by atoms with van der Waals surface area (Å²) >= 11 is 6.55. The van der Waals surface area contributed by atoms with Crippen LogP contribution in [-0.2, 0) is 9.53 Å². The molecule has 4 rings (SSSR count). The minimum absolute atomic E-state index is 0.0481. The molecule has 0 spiro atoms. The number of carbonyl (C=O) groups is 2. The van der Waals surface area contributed by atoms with E-state index in [0.717, 1.165) is 31.5 Å². The maximum atomic E-state index is 12.9. The van der Waals surface area contributed by atoms with Gasteiger partial charge in [0.1, 0.15) is 12.1 Å². The van der Waals surface area contributed by atoms with Crippen LogP contribution in [0.3, 0.4) is 0 Å². The summed E-state index contributed by atoms with van der Waals surface area (Å²) < 4.78 is 5.18. The number of anilines is 1. The summed E-state index contributed by atoms with van der Waals surface area (Å²) in [6, 6.07) is 10.2. The van der Waals surface area contributed by atoms with Crippen LogP contribution in [0.4, 0.5) is 5.82 Å². The standard InChI is InChI=1S/C25H27ClN6O3/c1-2-35-22(33)13-20(15-6-5-7-16(10-15)23(27)28)31-24-18-11-19(26)17(12-21(18)29-14-30-24)25(34)32-8-3-4-9-32/h5-7,10-12,14,20H,2-4,8-9,13H2,1H3,(H3,27,28)(H,29,30,31)/p+1. The van der Waals surface area contributed by atoms with Gasteiger partial charge in [-0.05, 0) is 49.6 Å². The average molecular weight is 496 g/mol. The van der Waals surface area contributed by atoms with Gasteiger partial charge in [0.05, 0.1) is 40.7 Å². The van der Waals surface area contributed by atoms with Crippen molar-refractivity contribution in [1.82, 2.24) is 14.9 Å². The molecule has 1 aliphatic rings. The van der Waals surface area contributed by atoms with Gasteiger partial charge in [-0.2, -0.15) is 0 Å². The number of rotatable bonds is 8. The lowest BCUT2D eigenvalue weighted by Gasteiger charge is -2.21. The Hall–Kier alpha value is -3.72. The summed E-state index contributed by atoms with van der Waals surface area (Å²) in [5.41, 5.74) is 8.19. The minimum Gasteiger partial charge on any atom is -0.466 e. The number of likely N-dealkylation sites (tertiary alicyclic amines) is 1. The first kappa shape index (κ1) is 24.4. The van der Waals surface area contributed by atoms with Crippen LogP contribution < -0.4 is 16.5 Å². The number of nitrogens with zero attached hydrogens (tertiary/aromatic N) is 3. The average Bonchev–Trinajstić information content (AvgIpc) is 3.38. The number of esters is 1. The Morgan fingerprint density at radius 3 is 2.71 bits per heavy atom. The van der Waals surface area contributed by atoms with E-state index in [9.17, 15) is 9.59 Å². The largest absolute Gasteiger partial charge is 0.466 e. The van der Waals surface area contributed by atoms with E-state index >= 15 is 0 Å². The van der Waals surface area contributed by atoms with Crippen molar-refractivity contribution in [2.75, 3.05) is 25.0 Å². The lowest BCUT2D eigenvalue weighted by atomic mass is 10.0. The summed E-state index contributed by atoms with van der Waals surface area (Å²) in [5, 5.41) is 10.1. The second-order valence-corrected chi connectivity index (χ2v) is 8.76. The lowest BCUT2D eigenvalue weighted by Crippen LogP contribution is -2.46. The molecule has 1 unspecified atom stereocenters. The van der Waals surface area contributed by atoms with Crippen molar-refractivity contribution in [3.05, 3.63) is 64.4 Å². The first-order valence-electron chi connectivity index (χ1n) is 11.5. The number of ether oxygens (including phenoxy) is 1. The number of halogens is 1. The highest BCUT2D eigenvalue weighted by molar-refractivity contribution is 6.34. The van der Waals surface area contributed by atoms with Gasteiger partial charge >= 0.3 is 5.97 Å². The van der Waals surface area contributed by atoms with Crippen LogP contribution in [0.25, 0.3) is 10.9 Å². The van der Waals surface area contributed by atoms with Crippen LogP contribution in [-0.4, -0.2) is 52.3 Å². The fraction of sp³-hybridized carbons (Fsp3) is 0.320. The van der Waals surface area contributed by atoms with Gasteiger partial charge in [-0.1, -0.05) is 23.7 Å². The van der Waals surface area contributed by atoms with Crippen LogP contribution >= 0.6 is 11.6 Å². The molecule has 3 aromatic rings. The predicted octanol–water partition coefficient (Wildman–Crippen LogP) is 2.09. The molecule has 0 radical (unpaired) electrons. The van der Waals surface area contributed by atoms with E-state index in [2.05, 4.69) is 15.3 Å². The third kappa shape index (κ3) is 5.51. The molecule has 2 aromatic carbocycles. The summed E-state index contributed by atoms with van der Waals surface area (Å²) in [7, 11) is 0. The molecule has 1 amide bonds. The third-order valence-corrected chi connectivity index (χ3v) is 6.27. The summed E-state index contributed by atoms with van der Waals surface area (Å²) in [6.45, 7) is 3.48. The van der Waals surface area contributed by atoms with E-state index in [-0.39, 0.29) is 30.7 Å². The molecule has 9 nitrogen and oxygen atoms in total. The molecule has 1 atom stereocenters. The molecule has 35 heavy (non-hydrogen) atoms. The van der Waals surface area contributed by atoms with Crippen molar-refractivity contribution in [3.8, 4) is 0 Å². The smallest absolute Gasteiger partial charge is 0.308 e. The Kier molecular flexibility index (Phi) is 7.45. The Labute approximate surface area is 208 Å². The molecule has 0 aliphatic carbocycles. The van der Waals surface area contributed by atoms with Crippen molar-refractivity contribution in [2.24, 2.45) is 5.73 Å². The fourth-order valence-electron chi connectivity index (χ4n) is 4.18. The molecular formula is C25H28ClN6O3+. The van der Waals surface area contributed by atoms with Crippen LogP contribution in [0.1, 0.15) is 53.7 Å². The van der Waals surface area contributed by atoms with Crippen LogP contribution in [0.2, 0.25) is 5.02 Å². The molecule has 0 saturated carbocycles. The van der Waals surface area contributed by atoms with Crippen molar-refractivity contribution < 1.29 is 19.7 Å². The first-order chi connectivity index (χ1) is 16.9. The van der Waals surface area contributed by atoms with E-state index in [4.69, 9.17) is 27.5 Å². The molecule has 0 bridgehead atoms. The number of carbonyl (C=O) groups excluding carboxylic acids is 2. The van der Waals surface area contributed by atoms with Crippen molar-refractivity contribution in [1.29, 1.82) is 0 Å². The maximum Gasteiger partial charge on any atom is 0.308 e. The number of fused-ring (bicyclic) bond motifs is 1. The SMILES string of the molecule is CCOC(=O)CC(Nc1ncnc2cc(C(=O)N3CCCC3)c(Cl)cc12)c1cccc(C(N)=[NH2+])c1. The highest BCUT2D eigenvalue weighted by Gasteiger charge is 2.24. The summed E-state index contributed by atoms with van der Waals surface area (Å²) in [4.78, 5) is 35.9. The zero-order valence-corrected chi connectivity index (χ0v) is 20.2. The van der Waals surface area contributed by atoms with Gasteiger partial charge in [0.2, 0.25) is 0 Å².